The second kappa shape index (κ2) is 5.60. The van der Waals surface area contributed by atoms with Crippen molar-refractivity contribution in [3.63, 3.8) is 0 Å². The summed E-state index contributed by atoms with van der Waals surface area (Å²) in [5, 5.41) is 4.10. The maximum Gasteiger partial charge on any atom is 0.138 e. The van der Waals surface area contributed by atoms with E-state index in [1.54, 1.807) is 6.33 Å². The zero-order valence-corrected chi connectivity index (χ0v) is 11.1. The van der Waals surface area contributed by atoms with Gasteiger partial charge in [0.25, 0.3) is 0 Å². The lowest BCUT2D eigenvalue weighted by Crippen LogP contribution is -2.48. The summed E-state index contributed by atoms with van der Waals surface area (Å²) >= 11 is 0. The van der Waals surface area contributed by atoms with E-state index in [1.165, 1.54) is 26.2 Å². The van der Waals surface area contributed by atoms with Crippen LogP contribution in [0.3, 0.4) is 0 Å². The molecule has 0 aromatic carbocycles. The van der Waals surface area contributed by atoms with Gasteiger partial charge < -0.3 is 4.90 Å². The molecular formula is C12H23N5. The highest BCUT2D eigenvalue weighted by Gasteiger charge is 2.19. The van der Waals surface area contributed by atoms with Gasteiger partial charge in [-0.15, -0.1) is 0 Å². The van der Waals surface area contributed by atoms with E-state index in [0.717, 1.165) is 18.7 Å². The Labute approximate surface area is 103 Å². The van der Waals surface area contributed by atoms with Crippen molar-refractivity contribution in [2.75, 3.05) is 33.2 Å². The van der Waals surface area contributed by atoms with Gasteiger partial charge in [0.15, 0.2) is 0 Å². The van der Waals surface area contributed by atoms with Gasteiger partial charge >= 0.3 is 0 Å². The molecule has 0 amide bonds. The van der Waals surface area contributed by atoms with Gasteiger partial charge in [0.1, 0.15) is 12.2 Å². The Kier molecular flexibility index (Phi) is 4.12. The molecule has 0 unspecified atom stereocenters. The summed E-state index contributed by atoms with van der Waals surface area (Å²) < 4.78 is 1.87. The van der Waals surface area contributed by atoms with Gasteiger partial charge in [-0.2, -0.15) is 5.10 Å². The summed E-state index contributed by atoms with van der Waals surface area (Å²) in [7, 11) is 4.16. The molecule has 0 N–H and O–H groups in total. The summed E-state index contributed by atoms with van der Waals surface area (Å²) in [6.07, 6.45) is 3.82. The fourth-order valence-corrected chi connectivity index (χ4v) is 2.33. The van der Waals surface area contributed by atoms with Crippen molar-refractivity contribution in [1.29, 1.82) is 0 Å². The minimum atomic E-state index is 0.639. The van der Waals surface area contributed by atoms with Crippen LogP contribution in [0.15, 0.2) is 6.33 Å². The highest BCUT2D eigenvalue weighted by molar-refractivity contribution is 4.85. The molecule has 0 bridgehead atoms. The van der Waals surface area contributed by atoms with Crippen molar-refractivity contribution in [2.45, 2.75) is 25.8 Å². The first kappa shape index (κ1) is 12.5. The molecule has 5 heteroatoms. The minimum absolute atomic E-state index is 0.639. The molecule has 0 radical (unpaired) electrons. The molecule has 1 atom stereocenters. The molecule has 17 heavy (non-hydrogen) atoms. The van der Waals surface area contributed by atoms with Gasteiger partial charge in [0.2, 0.25) is 0 Å². The summed E-state index contributed by atoms with van der Waals surface area (Å²) in [4.78, 5) is 9.24. The average molecular weight is 237 g/mol. The number of aryl methyl sites for hydroxylation is 2. The van der Waals surface area contributed by atoms with Gasteiger partial charge in [0, 0.05) is 45.7 Å². The second-order valence-electron chi connectivity index (χ2n) is 5.03. The van der Waals surface area contributed by atoms with Gasteiger partial charge in [-0.3, -0.25) is 9.58 Å². The Morgan fingerprint density at radius 1 is 1.24 bits per heavy atom. The van der Waals surface area contributed by atoms with Crippen molar-refractivity contribution >= 4 is 0 Å². The molecule has 1 aromatic rings. The third-order valence-electron chi connectivity index (χ3n) is 3.75. The van der Waals surface area contributed by atoms with Gasteiger partial charge in [-0.1, -0.05) is 0 Å². The van der Waals surface area contributed by atoms with Gasteiger partial charge in [0.05, 0.1) is 0 Å². The number of hydrogen-bond donors (Lipinski definition) is 0. The standard InChI is InChI=1S/C12H23N5/c1-11(17-8-6-15(2)7-9-17)4-5-12-13-10-14-16(12)3/h10-11H,4-9H2,1-3H3/t11-/m1/s1. The van der Waals surface area contributed by atoms with Crippen LogP contribution in [0, 0.1) is 0 Å². The number of nitrogens with zero attached hydrogens (tertiary/aromatic N) is 5. The molecule has 0 aliphatic carbocycles. The lowest BCUT2D eigenvalue weighted by Gasteiger charge is -2.36. The third kappa shape index (κ3) is 3.26. The SMILES string of the molecule is C[C@H](CCc1ncnn1C)N1CCN(C)CC1. The van der Waals surface area contributed by atoms with E-state index >= 15 is 0 Å². The van der Waals surface area contributed by atoms with Crippen LogP contribution in [0.1, 0.15) is 19.2 Å². The third-order valence-corrected chi connectivity index (χ3v) is 3.75. The number of rotatable bonds is 4. The Morgan fingerprint density at radius 2 is 1.94 bits per heavy atom. The van der Waals surface area contributed by atoms with Crippen molar-refractivity contribution in [2.24, 2.45) is 7.05 Å². The lowest BCUT2D eigenvalue weighted by molar-refractivity contribution is 0.114. The maximum absolute atomic E-state index is 4.27. The summed E-state index contributed by atoms with van der Waals surface area (Å²) in [6, 6.07) is 0.639. The molecule has 0 saturated carbocycles. The predicted molar refractivity (Wildman–Crippen MR) is 67.9 cm³/mol. The van der Waals surface area contributed by atoms with E-state index in [0.29, 0.717) is 6.04 Å². The van der Waals surface area contributed by atoms with Crippen LogP contribution in [0.25, 0.3) is 0 Å². The lowest BCUT2D eigenvalue weighted by atomic mass is 10.1. The molecule has 1 fully saturated rings. The smallest absolute Gasteiger partial charge is 0.138 e. The largest absolute Gasteiger partial charge is 0.304 e. The Balaban J connectivity index is 1.77. The Hall–Kier alpha value is -0.940. The second-order valence-corrected chi connectivity index (χ2v) is 5.03. The zero-order chi connectivity index (χ0) is 12.3. The number of hydrogen-bond acceptors (Lipinski definition) is 4. The molecular weight excluding hydrogens is 214 g/mol. The fourth-order valence-electron chi connectivity index (χ4n) is 2.33. The van der Waals surface area contributed by atoms with E-state index in [4.69, 9.17) is 0 Å². The molecule has 5 nitrogen and oxygen atoms in total. The molecule has 2 rings (SSSR count). The van der Waals surface area contributed by atoms with Crippen LogP contribution in [-0.4, -0.2) is 63.8 Å². The van der Waals surface area contributed by atoms with Crippen LogP contribution < -0.4 is 0 Å². The van der Waals surface area contributed by atoms with Crippen LogP contribution in [0.2, 0.25) is 0 Å². The number of piperazine rings is 1. The van der Waals surface area contributed by atoms with Gasteiger partial charge in [-0.05, 0) is 20.4 Å². The first-order valence-electron chi connectivity index (χ1n) is 6.42. The minimum Gasteiger partial charge on any atom is -0.304 e. The summed E-state index contributed by atoms with van der Waals surface area (Å²) in [5.41, 5.74) is 0. The summed E-state index contributed by atoms with van der Waals surface area (Å²) in [5.74, 6) is 1.09. The van der Waals surface area contributed by atoms with Crippen LogP contribution in [0.5, 0.6) is 0 Å². The Morgan fingerprint density at radius 3 is 2.53 bits per heavy atom. The van der Waals surface area contributed by atoms with Crippen molar-refractivity contribution < 1.29 is 0 Å². The van der Waals surface area contributed by atoms with Crippen molar-refractivity contribution in [1.82, 2.24) is 24.6 Å². The monoisotopic (exact) mass is 237 g/mol. The van der Waals surface area contributed by atoms with Crippen LogP contribution in [-0.2, 0) is 13.5 Å². The number of aromatic nitrogens is 3. The molecule has 1 aromatic heterocycles. The van der Waals surface area contributed by atoms with Crippen LogP contribution in [0.4, 0.5) is 0 Å². The first-order valence-corrected chi connectivity index (χ1v) is 6.42. The first-order chi connectivity index (χ1) is 8.16. The number of likely N-dealkylation sites (N-methyl/N-ethyl adjacent to an activating group) is 1. The average Bonchev–Trinajstić information content (AvgIpc) is 2.73. The predicted octanol–water partition coefficient (Wildman–Crippen LogP) is 0.384. The van der Waals surface area contributed by atoms with E-state index < -0.39 is 0 Å². The Bertz CT molecular complexity index is 340. The van der Waals surface area contributed by atoms with Crippen molar-refractivity contribution in [3.05, 3.63) is 12.2 Å². The van der Waals surface area contributed by atoms with E-state index in [1.807, 2.05) is 11.7 Å². The van der Waals surface area contributed by atoms with Crippen LogP contribution >= 0.6 is 0 Å². The highest BCUT2D eigenvalue weighted by atomic mass is 15.3. The van der Waals surface area contributed by atoms with E-state index in [2.05, 4.69) is 33.9 Å². The topological polar surface area (TPSA) is 37.2 Å². The highest BCUT2D eigenvalue weighted by Crippen LogP contribution is 2.10. The maximum atomic E-state index is 4.27. The molecule has 96 valence electrons. The van der Waals surface area contributed by atoms with E-state index in [9.17, 15) is 0 Å². The molecule has 1 aliphatic rings. The molecule has 0 spiro atoms. The fraction of sp³-hybridized carbons (Fsp3) is 0.833. The van der Waals surface area contributed by atoms with Crippen molar-refractivity contribution in [3.8, 4) is 0 Å². The molecule has 1 saturated heterocycles. The zero-order valence-electron chi connectivity index (χ0n) is 11.1. The quantitative estimate of drug-likeness (QED) is 0.759. The van der Waals surface area contributed by atoms with Gasteiger partial charge in [-0.25, -0.2) is 4.98 Å². The molecule has 1 aliphatic heterocycles. The normalized spacial score (nSPS) is 20.6. The van der Waals surface area contributed by atoms with E-state index in [-0.39, 0.29) is 0 Å². The summed E-state index contributed by atoms with van der Waals surface area (Å²) in [6.45, 7) is 7.08. The molecule has 2 heterocycles.